The second-order valence-corrected chi connectivity index (χ2v) is 6.16. The van der Waals surface area contributed by atoms with Gasteiger partial charge in [-0.25, -0.2) is 0 Å². The molecule has 2 rings (SSSR count). The fourth-order valence-corrected chi connectivity index (χ4v) is 3.48. The Bertz CT molecular complexity index is 447. The third-order valence-corrected chi connectivity index (χ3v) is 4.66. The van der Waals surface area contributed by atoms with Crippen LogP contribution in [-0.4, -0.2) is 29.4 Å². The van der Waals surface area contributed by atoms with Gasteiger partial charge in [-0.3, -0.25) is 4.79 Å². The predicted octanol–water partition coefficient (Wildman–Crippen LogP) is 2.63. The van der Waals surface area contributed by atoms with E-state index < -0.39 is 0 Å². The van der Waals surface area contributed by atoms with E-state index in [9.17, 15) is 4.79 Å². The van der Waals surface area contributed by atoms with Gasteiger partial charge in [-0.05, 0) is 35.9 Å². The van der Waals surface area contributed by atoms with Crippen molar-refractivity contribution in [3.05, 3.63) is 28.8 Å². The molecule has 1 unspecified atom stereocenters. The number of amides is 1. The number of hydrogen-bond donors (Lipinski definition) is 1. The molecule has 0 radical (unpaired) electrons. The number of benzene rings is 1. The summed E-state index contributed by atoms with van der Waals surface area (Å²) in [5, 5.41) is 0.657. The fourth-order valence-electron chi connectivity index (χ4n) is 2.09. The molecule has 0 bridgehead atoms. The highest BCUT2D eigenvalue weighted by molar-refractivity contribution is 7.99. The van der Waals surface area contributed by atoms with Crippen molar-refractivity contribution >= 4 is 35.0 Å². The molecule has 1 aliphatic rings. The summed E-state index contributed by atoms with van der Waals surface area (Å²) in [6.45, 7) is 0.518. The van der Waals surface area contributed by atoms with Crippen molar-refractivity contribution in [2.24, 2.45) is 5.92 Å². The van der Waals surface area contributed by atoms with Crippen LogP contribution in [0.5, 0.6) is 0 Å². The maximum absolute atomic E-state index is 12.2. The minimum absolute atomic E-state index is 0.167. The van der Waals surface area contributed by atoms with Crippen molar-refractivity contribution in [3.63, 3.8) is 0 Å². The molecular weight excluding hydrogens is 268 g/mol. The predicted molar refractivity (Wildman–Crippen MR) is 77.8 cm³/mol. The number of carbonyl (C=O) groups is 1. The van der Waals surface area contributed by atoms with Crippen molar-refractivity contribution in [1.82, 2.24) is 4.90 Å². The van der Waals surface area contributed by atoms with Crippen LogP contribution in [0.2, 0.25) is 5.02 Å². The lowest BCUT2D eigenvalue weighted by Gasteiger charge is -2.21. The lowest BCUT2D eigenvalue weighted by atomic mass is 10.1. The second kappa shape index (κ2) is 5.85. The lowest BCUT2D eigenvalue weighted by Crippen LogP contribution is -2.32. The minimum Gasteiger partial charge on any atom is -0.399 e. The van der Waals surface area contributed by atoms with Gasteiger partial charge in [0.15, 0.2) is 0 Å². The molecule has 0 aliphatic carbocycles. The minimum atomic E-state index is 0.167. The summed E-state index contributed by atoms with van der Waals surface area (Å²) in [6.07, 6.45) is 0.985. The third kappa shape index (κ3) is 3.12. The highest BCUT2D eigenvalue weighted by Gasteiger charge is 2.26. The average Bonchev–Trinajstić information content (AvgIpc) is 2.86. The summed E-state index contributed by atoms with van der Waals surface area (Å²) in [4.78, 5) is 13.9. The van der Waals surface area contributed by atoms with E-state index in [1.54, 1.807) is 17.0 Å². The van der Waals surface area contributed by atoms with Crippen LogP contribution in [0.3, 0.4) is 0 Å². The lowest BCUT2D eigenvalue weighted by molar-refractivity contribution is -0.133. The molecule has 0 aromatic heterocycles. The highest BCUT2D eigenvalue weighted by Crippen LogP contribution is 2.26. The summed E-state index contributed by atoms with van der Waals surface area (Å²) in [5.74, 6) is 2.40. The van der Waals surface area contributed by atoms with Gasteiger partial charge in [0, 0.05) is 36.0 Å². The van der Waals surface area contributed by atoms with Crippen LogP contribution in [0.4, 0.5) is 5.69 Å². The Labute approximate surface area is 117 Å². The first kappa shape index (κ1) is 13.6. The van der Waals surface area contributed by atoms with Crippen LogP contribution in [0.15, 0.2) is 18.2 Å². The zero-order valence-corrected chi connectivity index (χ0v) is 11.9. The summed E-state index contributed by atoms with van der Waals surface area (Å²) in [7, 11) is 1.82. The van der Waals surface area contributed by atoms with Gasteiger partial charge in [0.2, 0.25) is 5.91 Å². The topological polar surface area (TPSA) is 46.3 Å². The largest absolute Gasteiger partial charge is 0.399 e. The number of anilines is 1. The van der Waals surface area contributed by atoms with Crippen molar-refractivity contribution < 1.29 is 4.79 Å². The van der Waals surface area contributed by atoms with Crippen molar-refractivity contribution in [3.8, 4) is 0 Å². The normalized spacial score (nSPS) is 18.9. The maximum Gasteiger partial charge on any atom is 0.226 e. The number of carbonyl (C=O) groups excluding carboxylic acids is 1. The molecule has 18 heavy (non-hydrogen) atoms. The molecule has 1 saturated heterocycles. The standard InChI is InChI=1S/C13H17ClN2OS/c1-16(13(17)9-4-5-18-8-9)7-10-6-11(15)2-3-12(10)14/h2-3,6,9H,4-5,7-8,15H2,1H3. The number of nitrogen functional groups attached to an aromatic ring is 1. The zero-order valence-electron chi connectivity index (χ0n) is 10.4. The van der Waals surface area contributed by atoms with Gasteiger partial charge in [0.1, 0.15) is 0 Å². The number of nitrogens with zero attached hydrogens (tertiary/aromatic N) is 1. The van der Waals surface area contributed by atoms with Gasteiger partial charge >= 0.3 is 0 Å². The van der Waals surface area contributed by atoms with Crippen molar-refractivity contribution in [1.29, 1.82) is 0 Å². The summed E-state index contributed by atoms with van der Waals surface area (Å²) in [5.41, 5.74) is 7.31. The van der Waals surface area contributed by atoms with E-state index in [1.807, 2.05) is 24.9 Å². The number of hydrogen-bond acceptors (Lipinski definition) is 3. The number of thioether (sulfide) groups is 1. The first-order valence-corrected chi connectivity index (χ1v) is 7.48. The summed E-state index contributed by atoms with van der Waals surface area (Å²) >= 11 is 7.95. The van der Waals surface area contributed by atoms with Crippen LogP contribution in [-0.2, 0) is 11.3 Å². The Morgan fingerprint density at radius 3 is 3.06 bits per heavy atom. The van der Waals surface area contributed by atoms with E-state index >= 15 is 0 Å². The molecule has 1 heterocycles. The van der Waals surface area contributed by atoms with Crippen molar-refractivity contribution in [2.75, 3.05) is 24.3 Å². The molecule has 1 amide bonds. The number of nitrogens with two attached hydrogens (primary N) is 1. The van der Waals surface area contributed by atoms with Crippen LogP contribution in [0, 0.1) is 5.92 Å². The fraction of sp³-hybridized carbons (Fsp3) is 0.462. The molecule has 0 saturated carbocycles. The van der Waals surface area contributed by atoms with Gasteiger partial charge in [-0.1, -0.05) is 11.6 Å². The summed E-state index contributed by atoms with van der Waals surface area (Å²) < 4.78 is 0. The molecule has 3 nitrogen and oxygen atoms in total. The van der Waals surface area contributed by atoms with E-state index in [4.69, 9.17) is 17.3 Å². The van der Waals surface area contributed by atoms with Crippen LogP contribution in [0.1, 0.15) is 12.0 Å². The maximum atomic E-state index is 12.2. The van der Waals surface area contributed by atoms with Gasteiger partial charge in [0.25, 0.3) is 0 Å². The van der Waals surface area contributed by atoms with Crippen molar-refractivity contribution in [2.45, 2.75) is 13.0 Å². The molecule has 1 aromatic carbocycles. The van der Waals surface area contributed by atoms with Crippen LogP contribution >= 0.6 is 23.4 Å². The molecule has 98 valence electrons. The molecule has 1 aliphatic heterocycles. The molecule has 2 N–H and O–H groups in total. The van der Waals surface area contributed by atoms with Crippen LogP contribution < -0.4 is 5.73 Å². The van der Waals surface area contributed by atoms with E-state index in [0.29, 0.717) is 17.3 Å². The molecule has 1 fully saturated rings. The summed E-state index contributed by atoms with van der Waals surface area (Å²) in [6, 6.07) is 5.37. The van der Waals surface area contributed by atoms with E-state index in [-0.39, 0.29) is 11.8 Å². The second-order valence-electron chi connectivity index (χ2n) is 4.61. The Kier molecular flexibility index (Phi) is 4.40. The zero-order chi connectivity index (χ0) is 13.1. The van der Waals surface area contributed by atoms with E-state index in [2.05, 4.69) is 0 Å². The number of rotatable bonds is 3. The van der Waals surface area contributed by atoms with Gasteiger partial charge < -0.3 is 10.6 Å². The number of halogens is 1. The monoisotopic (exact) mass is 284 g/mol. The molecule has 1 atom stereocenters. The SMILES string of the molecule is CN(Cc1cc(N)ccc1Cl)C(=O)C1CCSC1. The molecule has 0 spiro atoms. The first-order valence-electron chi connectivity index (χ1n) is 5.94. The smallest absolute Gasteiger partial charge is 0.226 e. The average molecular weight is 285 g/mol. The van der Waals surface area contributed by atoms with Crippen LogP contribution in [0.25, 0.3) is 0 Å². The molecule has 1 aromatic rings. The molecular formula is C13H17ClN2OS. The first-order chi connectivity index (χ1) is 8.58. The molecule has 5 heteroatoms. The van der Waals surface area contributed by atoms with Gasteiger partial charge in [0.05, 0.1) is 0 Å². The third-order valence-electron chi connectivity index (χ3n) is 3.13. The van der Waals surface area contributed by atoms with E-state index in [0.717, 1.165) is 23.5 Å². The Balaban J connectivity index is 2.03. The van der Waals surface area contributed by atoms with E-state index in [1.165, 1.54) is 0 Å². The Hall–Kier alpha value is -0.870. The van der Waals surface area contributed by atoms with Gasteiger partial charge in [-0.15, -0.1) is 0 Å². The quantitative estimate of drug-likeness (QED) is 0.868. The Morgan fingerprint density at radius 1 is 1.61 bits per heavy atom. The Morgan fingerprint density at radius 2 is 2.39 bits per heavy atom. The highest BCUT2D eigenvalue weighted by atomic mass is 35.5. The van der Waals surface area contributed by atoms with Gasteiger partial charge in [-0.2, -0.15) is 11.8 Å².